The van der Waals surface area contributed by atoms with Crippen LogP contribution >= 0.6 is 0 Å². The summed E-state index contributed by atoms with van der Waals surface area (Å²) in [6.45, 7) is 0. The summed E-state index contributed by atoms with van der Waals surface area (Å²) in [5.41, 5.74) is 9.12. The molecule has 1 N–H and O–H groups in total. The molecule has 2 heterocycles. The van der Waals surface area contributed by atoms with Gasteiger partial charge in [-0.25, -0.2) is 9.97 Å². The molecule has 4 nitrogen and oxygen atoms in total. The van der Waals surface area contributed by atoms with Crippen molar-refractivity contribution in [2.24, 2.45) is 0 Å². The zero-order chi connectivity index (χ0) is 30.6. The zero-order valence-electron chi connectivity index (χ0n) is 25.8. The number of H-pyrrole nitrogens is 1. The molecule has 0 saturated carbocycles. The van der Waals surface area contributed by atoms with Crippen molar-refractivity contribution in [1.29, 1.82) is 0 Å². The molecule has 0 spiro atoms. The minimum absolute atomic E-state index is 0. The number of nitrogens with zero attached hydrogens (tertiary/aromatic N) is 2. The number of aromatic amines is 1. The summed E-state index contributed by atoms with van der Waals surface area (Å²) in [6.07, 6.45) is 0. The molecule has 7 aromatic carbocycles. The van der Waals surface area contributed by atoms with E-state index in [9.17, 15) is 5.11 Å². The summed E-state index contributed by atoms with van der Waals surface area (Å²) in [4.78, 5) is 8.56. The van der Waals surface area contributed by atoms with Crippen LogP contribution in [0, 0.1) is 0 Å². The molecule has 0 bridgehead atoms. The maximum absolute atomic E-state index is 12.8. The van der Waals surface area contributed by atoms with E-state index in [0.29, 0.717) is 5.52 Å². The molecule has 0 aliphatic rings. The normalized spacial score (nSPS) is 11.3. The minimum Gasteiger partial charge on any atom is -0.868 e. The van der Waals surface area contributed by atoms with Crippen LogP contribution in [0.1, 0.15) is 0 Å². The first-order valence-electron chi connectivity index (χ1n) is 15.4. The molecule has 5 heteroatoms. The molecule has 2 aromatic heterocycles. The van der Waals surface area contributed by atoms with E-state index in [-0.39, 0.29) is 24.6 Å². The molecule has 47 heavy (non-hydrogen) atoms. The number of fused-ring (bicyclic) bond motifs is 4. The van der Waals surface area contributed by atoms with Crippen LogP contribution in [0.4, 0.5) is 0 Å². The molecule has 0 aliphatic heterocycles. The van der Waals surface area contributed by atoms with Gasteiger partial charge in [-0.1, -0.05) is 115 Å². The first-order chi connectivity index (χ1) is 22.7. The second-order valence-corrected chi connectivity index (χ2v) is 11.6. The van der Waals surface area contributed by atoms with Gasteiger partial charge in [0.25, 0.3) is 0 Å². The Bertz CT molecular complexity index is 2530. The molecular weight excluding hydrogens is 569 g/mol. The molecule has 9 rings (SSSR count). The van der Waals surface area contributed by atoms with Gasteiger partial charge < -0.3 is 5.11 Å². The SMILES string of the molecule is [Li+].[O-]c1cccc2ccc(-c3c4ccccc4c(-c4ccc(-c5nc6ccccc6n5-c5ccccc5)cc4)c4ccccc34)[nH+]c12. The van der Waals surface area contributed by atoms with Crippen LogP contribution in [0.25, 0.3) is 82.9 Å². The standard InChI is InChI=1S/C42H27N3O.Li/c46-38-20-10-11-28-25-26-36(43-41(28)38)40-33-16-6-4-14-31(33)39(32-15-5-7-17-34(32)40)27-21-23-29(24-22-27)42-44-35-18-8-9-19-37(35)45(42)30-12-2-1-3-13-30;/h1-26,46H;/q;+1. The van der Waals surface area contributed by atoms with Crippen molar-refractivity contribution in [3.8, 4) is 45.2 Å². The third kappa shape index (κ3) is 4.70. The number of hydrogen-bond donors (Lipinski definition) is 0. The minimum atomic E-state index is -0.00883. The first-order valence-corrected chi connectivity index (χ1v) is 15.4. The molecular formula is C42H27LiN3O+. The van der Waals surface area contributed by atoms with E-state index < -0.39 is 0 Å². The number of imidazole rings is 1. The van der Waals surface area contributed by atoms with Gasteiger partial charge in [-0.15, -0.1) is 0 Å². The fraction of sp³-hybridized carbons (Fsp3) is 0. The van der Waals surface area contributed by atoms with E-state index in [1.165, 1.54) is 5.56 Å². The average molecular weight is 597 g/mol. The van der Waals surface area contributed by atoms with Gasteiger partial charge in [-0.2, -0.15) is 0 Å². The van der Waals surface area contributed by atoms with Gasteiger partial charge >= 0.3 is 18.9 Å². The van der Waals surface area contributed by atoms with Crippen LogP contribution in [0.5, 0.6) is 5.75 Å². The summed E-state index contributed by atoms with van der Waals surface area (Å²) < 4.78 is 2.23. The monoisotopic (exact) mass is 596 g/mol. The van der Waals surface area contributed by atoms with Crippen molar-refractivity contribution >= 4 is 43.5 Å². The van der Waals surface area contributed by atoms with Crippen molar-refractivity contribution in [3.63, 3.8) is 0 Å². The molecule has 0 fully saturated rings. The van der Waals surface area contributed by atoms with E-state index in [4.69, 9.17) is 4.98 Å². The van der Waals surface area contributed by atoms with Crippen LogP contribution in [-0.4, -0.2) is 9.55 Å². The van der Waals surface area contributed by atoms with E-state index in [2.05, 4.69) is 131 Å². The van der Waals surface area contributed by atoms with Gasteiger partial charge in [-0.3, -0.25) is 4.57 Å². The number of nitrogens with one attached hydrogen (secondary N) is 1. The largest absolute Gasteiger partial charge is 1.00 e. The van der Waals surface area contributed by atoms with Crippen LogP contribution in [0.2, 0.25) is 0 Å². The van der Waals surface area contributed by atoms with Crippen LogP contribution < -0.4 is 29.0 Å². The van der Waals surface area contributed by atoms with Gasteiger partial charge in [0.2, 0.25) is 11.2 Å². The second kappa shape index (κ2) is 11.6. The summed E-state index contributed by atoms with van der Waals surface area (Å²) in [7, 11) is 0. The Balaban J connectivity index is 0.00000324. The summed E-state index contributed by atoms with van der Waals surface area (Å²) in [5.74, 6) is 0.902. The van der Waals surface area contributed by atoms with E-state index in [0.717, 1.165) is 71.9 Å². The molecule has 0 saturated heterocycles. The summed E-state index contributed by atoms with van der Waals surface area (Å²) >= 11 is 0. The fourth-order valence-corrected chi connectivity index (χ4v) is 6.89. The number of benzene rings is 7. The Kier molecular flexibility index (Phi) is 7.11. The van der Waals surface area contributed by atoms with Gasteiger partial charge in [0.05, 0.1) is 16.6 Å². The van der Waals surface area contributed by atoms with Crippen LogP contribution in [-0.2, 0) is 0 Å². The molecule has 0 atom stereocenters. The van der Waals surface area contributed by atoms with Gasteiger partial charge in [0, 0.05) is 22.7 Å². The van der Waals surface area contributed by atoms with Gasteiger partial charge in [0.1, 0.15) is 5.82 Å². The number of hydrogen-bond acceptors (Lipinski definition) is 2. The van der Waals surface area contributed by atoms with Crippen LogP contribution in [0.3, 0.4) is 0 Å². The van der Waals surface area contributed by atoms with Crippen molar-refractivity contribution in [2.75, 3.05) is 0 Å². The maximum Gasteiger partial charge on any atom is 1.00 e. The van der Waals surface area contributed by atoms with Gasteiger partial charge in [-0.05, 0) is 74.8 Å². The van der Waals surface area contributed by atoms with E-state index >= 15 is 0 Å². The predicted molar refractivity (Wildman–Crippen MR) is 186 cm³/mol. The smallest absolute Gasteiger partial charge is 0.868 e. The van der Waals surface area contributed by atoms with Crippen molar-refractivity contribution in [2.45, 2.75) is 0 Å². The molecule has 0 unspecified atom stereocenters. The molecule has 0 radical (unpaired) electrons. The maximum atomic E-state index is 12.8. The second-order valence-electron chi connectivity index (χ2n) is 11.6. The van der Waals surface area contributed by atoms with Crippen LogP contribution in [0.15, 0.2) is 158 Å². The third-order valence-corrected chi connectivity index (χ3v) is 8.96. The molecule has 9 aromatic rings. The summed E-state index contributed by atoms with van der Waals surface area (Å²) in [5, 5.41) is 18.3. The van der Waals surface area contributed by atoms with Crippen molar-refractivity contribution in [1.82, 2.24) is 9.55 Å². The van der Waals surface area contributed by atoms with E-state index in [1.807, 2.05) is 24.3 Å². The zero-order valence-corrected chi connectivity index (χ0v) is 25.8. The summed E-state index contributed by atoms with van der Waals surface area (Å²) in [6, 6.07) is 54.1. The fourth-order valence-electron chi connectivity index (χ4n) is 6.89. The molecule has 0 aliphatic carbocycles. The number of para-hydroxylation sites is 4. The topological polar surface area (TPSA) is 55.0 Å². The first kappa shape index (κ1) is 28.8. The Morgan fingerprint density at radius 3 is 1.81 bits per heavy atom. The third-order valence-electron chi connectivity index (χ3n) is 8.96. The Labute approximate surface area is 283 Å². The Morgan fingerprint density at radius 2 is 1.11 bits per heavy atom. The number of aromatic nitrogens is 3. The number of rotatable bonds is 4. The Hall–Kier alpha value is -5.66. The molecule has 0 amide bonds. The van der Waals surface area contributed by atoms with E-state index in [1.54, 1.807) is 12.1 Å². The average Bonchev–Trinajstić information content (AvgIpc) is 3.51. The number of pyridine rings is 1. The van der Waals surface area contributed by atoms with Crippen molar-refractivity contribution < 1.29 is 29.0 Å². The van der Waals surface area contributed by atoms with Gasteiger partial charge in [0.15, 0.2) is 0 Å². The Morgan fingerprint density at radius 1 is 0.511 bits per heavy atom. The predicted octanol–water partition coefficient (Wildman–Crippen LogP) is 6.38. The quantitative estimate of drug-likeness (QED) is 0.175. The van der Waals surface area contributed by atoms with Crippen molar-refractivity contribution in [3.05, 3.63) is 158 Å². The molecule has 216 valence electrons.